The van der Waals surface area contributed by atoms with Crippen molar-refractivity contribution in [3.05, 3.63) is 33.7 Å². The van der Waals surface area contributed by atoms with E-state index in [1.165, 1.54) is 7.11 Å². The Morgan fingerprint density at radius 2 is 2.11 bits per heavy atom. The third kappa shape index (κ3) is 3.89. The zero-order valence-electron chi connectivity index (χ0n) is 11.7. The summed E-state index contributed by atoms with van der Waals surface area (Å²) in [6.07, 6.45) is 0.634. The first-order valence-corrected chi connectivity index (χ1v) is 6.22. The molecule has 1 rings (SSSR count). The van der Waals surface area contributed by atoms with Crippen LogP contribution in [0.15, 0.2) is 17.3 Å². The second-order valence-corrected chi connectivity index (χ2v) is 4.81. The minimum absolute atomic E-state index is 0.324. The molecule has 0 unspecified atom stereocenters. The molecule has 0 fully saturated rings. The Kier molecular flexibility index (Phi) is 5.70. The average Bonchev–Trinajstić information content (AvgIpc) is 2.38. The molecule has 0 atom stereocenters. The van der Waals surface area contributed by atoms with Crippen molar-refractivity contribution < 1.29 is 14.6 Å². The molecule has 1 aromatic carbocycles. The fraction of sp³-hybridized carbons (Fsp3) is 0.462. The Bertz CT molecular complexity index is 474. The molecule has 0 aliphatic carbocycles. The lowest BCUT2D eigenvalue weighted by Crippen LogP contribution is -2.11. The fourth-order valence-corrected chi connectivity index (χ4v) is 1.94. The topological polar surface area (TPSA) is 65.0 Å². The van der Waals surface area contributed by atoms with Crippen molar-refractivity contribution in [2.24, 2.45) is 5.18 Å². The number of aryl methyl sites for hydroxylation is 1. The van der Waals surface area contributed by atoms with Crippen LogP contribution >= 0.6 is 0 Å². The fourth-order valence-electron chi connectivity index (χ4n) is 1.94. The molecule has 0 aliphatic rings. The van der Waals surface area contributed by atoms with Crippen LogP contribution in [0.3, 0.4) is 0 Å². The van der Waals surface area contributed by atoms with E-state index in [0.29, 0.717) is 34.6 Å². The number of nitrogens with zero attached hydrogens (tertiary/aromatic N) is 1. The van der Waals surface area contributed by atoms with Crippen LogP contribution in [-0.2, 0) is 11.2 Å². The monoisotopic (exact) mass is 263 g/mol. The molecule has 1 amide bonds. The minimum atomic E-state index is -0.766. The first-order chi connectivity index (χ1) is 9.01. The Morgan fingerprint density at radius 1 is 1.42 bits per heavy atom. The van der Waals surface area contributed by atoms with E-state index in [1.54, 1.807) is 19.1 Å². The molecule has 0 saturated heterocycles. The van der Waals surface area contributed by atoms with Crippen LogP contribution in [0.25, 0.3) is 0 Å². The summed E-state index contributed by atoms with van der Waals surface area (Å²) in [5, 5.41) is 2.52. The molecule has 19 heavy (non-hydrogen) atoms. The van der Waals surface area contributed by atoms with Crippen molar-refractivity contribution in [3.63, 3.8) is 0 Å². The Labute approximate surface area is 113 Å². The third-order valence-electron chi connectivity index (χ3n) is 2.92. The number of amides is 1. The van der Waals surface area contributed by atoms with Gasteiger partial charge in [-0.3, -0.25) is 4.79 Å². The van der Waals surface area contributed by atoms with Crippen LogP contribution in [0.2, 0.25) is 5.82 Å². The quantitative estimate of drug-likeness (QED) is 0.342. The van der Waals surface area contributed by atoms with E-state index in [2.05, 4.69) is 23.9 Å². The maximum atomic E-state index is 11.7. The number of nitroso groups, excluding NO2 is 1. The van der Waals surface area contributed by atoms with E-state index in [4.69, 9.17) is 4.89 Å². The normalized spacial score (nSPS) is 10.4. The van der Waals surface area contributed by atoms with Crippen LogP contribution in [0.1, 0.15) is 35.3 Å². The highest BCUT2D eigenvalue weighted by molar-refractivity contribution is 6.37. The second-order valence-electron chi connectivity index (χ2n) is 4.81. The second kappa shape index (κ2) is 7.04. The summed E-state index contributed by atoms with van der Waals surface area (Å²) >= 11 is 0. The van der Waals surface area contributed by atoms with Crippen molar-refractivity contribution in [2.45, 2.75) is 32.9 Å². The lowest BCUT2D eigenvalue weighted by Gasteiger charge is -2.14. The number of benzene rings is 1. The van der Waals surface area contributed by atoms with Crippen LogP contribution in [-0.4, -0.2) is 20.3 Å². The number of hydrogen-bond acceptors (Lipinski definition) is 4. The highest BCUT2D eigenvalue weighted by atomic mass is 17.2. The maximum absolute atomic E-state index is 11.7. The predicted molar refractivity (Wildman–Crippen MR) is 74.9 cm³/mol. The molecule has 0 bridgehead atoms. The molecular weight excluding hydrogens is 245 g/mol. The van der Waals surface area contributed by atoms with Crippen LogP contribution in [0.4, 0.5) is 0 Å². The number of hydrogen-bond donors (Lipinski definition) is 0. The van der Waals surface area contributed by atoms with Gasteiger partial charge in [0.05, 0.1) is 12.7 Å². The van der Waals surface area contributed by atoms with Gasteiger partial charge in [-0.1, -0.05) is 25.7 Å². The predicted octanol–water partition coefficient (Wildman–Crippen LogP) is 2.61. The first-order valence-electron chi connectivity index (χ1n) is 6.22. The van der Waals surface area contributed by atoms with E-state index in [1.807, 2.05) is 0 Å². The van der Waals surface area contributed by atoms with E-state index in [9.17, 15) is 9.70 Å². The molecular formula is C13H18BNO4. The molecule has 0 aromatic heterocycles. The first kappa shape index (κ1) is 15.4. The largest absolute Gasteiger partial charge is 0.338 e. The van der Waals surface area contributed by atoms with Gasteiger partial charge in [-0.05, 0) is 24.9 Å². The van der Waals surface area contributed by atoms with Gasteiger partial charge in [0.1, 0.15) is 7.28 Å². The zero-order chi connectivity index (χ0) is 14.4. The van der Waals surface area contributed by atoms with E-state index in [-0.39, 0.29) is 0 Å². The summed E-state index contributed by atoms with van der Waals surface area (Å²) in [4.78, 5) is 32.0. The van der Waals surface area contributed by atoms with Crippen molar-refractivity contribution >= 4 is 13.2 Å². The summed E-state index contributed by atoms with van der Waals surface area (Å²) in [5.74, 6) is 0.168. The van der Waals surface area contributed by atoms with E-state index < -0.39 is 5.91 Å². The lowest BCUT2D eigenvalue weighted by molar-refractivity contribution is -0.178. The zero-order valence-corrected chi connectivity index (χ0v) is 11.7. The molecule has 0 saturated carbocycles. The number of carbonyl (C=O) groups is 1. The standard InChI is InChI=1S/C13H18BNO4/c1-8(2)14-7-10-11(19-18-4)6-5-9(3)12(10)13(16)15-17/h5-6,8,14H,7H2,1-4H3. The summed E-state index contributed by atoms with van der Waals surface area (Å²) in [6, 6.07) is 3.45. The molecule has 1 aromatic rings. The summed E-state index contributed by atoms with van der Waals surface area (Å²) in [5.41, 5.74) is 1.72. The Hall–Kier alpha value is -1.69. The molecule has 102 valence electrons. The average molecular weight is 263 g/mol. The van der Waals surface area contributed by atoms with Gasteiger partial charge in [-0.15, -0.1) is 4.91 Å². The van der Waals surface area contributed by atoms with Gasteiger partial charge in [-0.2, -0.15) is 4.89 Å². The summed E-state index contributed by atoms with van der Waals surface area (Å²) in [6.45, 7) is 5.95. The van der Waals surface area contributed by atoms with Gasteiger partial charge in [-0.25, -0.2) is 0 Å². The SMILES string of the molecule is COOc1ccc(C)c(C(=O)N=O)c1CBC(C)C. The molecule has 0 aliphatic heterocycles. The minimum Gasteiger partial charge on any atom is -0.338 e. The van der Waals surface area contributed by atoms with E-state index in [0.717, 1.165) is 7.28 Å². The third-order valence-corrected chi connectivity index (χ3v) is 2.92. The number of carbonyl (C=O) groups excluding carboxylic acids is 1. The molecule has 0 N–H and O–H groups in total. The van der Waals surface area contributed by atoms with Gasteiger partial charge in [0.2, 0.25) is 0 Å². The summed E-state index contributed by atoms with van der Waals surface area (Å²) in [7, 11) is 2.27. The van der Waals surface area contributed by atoms with Gasteiger partial charge in [0.15, 0.2) is 5.75 Å². The lowest BCUT2D eigenvalue weighted by atomic mass is 9.61. The van der Waals surface area contributed by atoms with Gasteiger partial charge < -0.3 is 4.89 Å². The van der Waals surface area contributed by atoms with Gasteiger partial charge >= 0.3 is 5.91 Å². The van der Waals surface area contributed by atoms with Gasteiger partial charge in [0.25, 0.3) is 0 Å². The Morgan fingerprint density at radius 3 is 2.63 bits per heavy atom. The van der Waals surface area contributed by atoms with Crippen molar-refractivity contribution in [2.75, 3.05) is 7.11 Å². The molecule has 0 radical (unpaired) electrons. The highest BCUT2D eigenvalue weighted by Gasteiger charge is 2.20. The molecule has 6 heteroatoms. The molecule has 0 spiro atoms. The van der Waals surface area contributed by atoms with Crippen LogP contribution < -0.4 is 4.89 Å². The molecule has 5 nitrogen and oxygen atoms in total. The van der Waals surface area contributed by atoms with Crippen molar-refractivity contribution in [1.82, 2.24) is 0 Å². The molecule has 0 heterocycles. The number of rotatable bonds is 6. The van der Waals surface area contributed by atoms with Crippen molar-refractivity contribution in [3.8, 4) is 5.75 Å². The van der Waals surface area contributed by atoms with Crippen LogP contribution in [0, 0.1) is 11.8 Å². The van der Waals surface area contributed by atoms with Crippen LogP contribution in [0.5, 0.6) is 5.75 Å². The maximum Gasteiger partial charge on any atom is 0.317 e. The van der Waals surface area contributed by atoms with Crippen molar-refractivity contribution in [1.29, 1.82) is 0 Å². The Balaban J connectivity index is 3.27. The van der Waals surface area contributed by atoms with Gasteiger partial charge in [0, 0.05) is 10.7 Å². The highest BCUT2D eigenvalue weighted by Crippen LogP contribution is 2.27. The smallest absolute Gasteiger partial charge is 0.317 e. The summed E-state index contributed by atoms with van der Waals surface area (Å²) < 4.78 is 0. The van der Waals surface area contributed by atoms with E-state index >= 15 is 0 Å².